The molecule has 0 unspecified atom stereocenters. The molecule has 1 aliphatic rings. The van der Waals surface area contributed by atoms with Gasteiger partial charge in [-0.05, 0) is 39.7 Å². The number of nitrogens with zero attached hydrogens (tertiary/aromatic N) is 2. The fourth-order valence-electron chi connectivity index (χ4n) is 3.15. The van der Waals surface area contributed by atoms with Gasteiger partial charge in [0, 0.05) is 34.6 Å². The second-order valence-electron chi connectivity index (χ2n) is 6.64. The Morgan fingerprint density at radius 1 is 1.23 bits per heavy atom. The fraction of sp³-hybridized carbons (Fsp3) is 0.368. The molecule has 1 aromatic carbocycles. The first-order valence-electron chi connectivity index (χ1n) is 8.43. The molecule has 0 amide bonds. The third-order valence-electron chi connectivity index (χ3n) is 4.68. The van der Waals surface area contributed by atoms with Crippen molar-refractivity contribution in [3.8, 4) is 0 Å². The minimum Gasteiger partial charge on any atom is -0.454 e. The van der Waals surface area contributed by atoms with Crippen LogP contribution in [0.3, 0.4) is 0 Å². The number of Topliss-reactive ketones (excluding diaryl/α,β-unsaturated/α-hetero) is 1. The zero-order valence-corrected chi connectivity index (χ0v) is 14.9. The molecule has 0 N–H and O–H groups in total. The lowest BCUT2D eigenvalue weighted by atomic mass is 10.1. The normalized spacial score (nSPS) is 13.5. The Bertz CT molecular complexity index is 909. The highest BCUT2D eigenvalue weighted by Gasteiger charge is 2.29. The van der Waals surface area contributed by atoms with E-state index in [0.29, 0.717) is 17.2 Å². The average Bonchev–Trinajstić information content (AvgIpc) is 3.37. The average molecular weight is 356 g/mol. The van der Waals surface area contributed by atoms with Crippen molar-refractivity contribution in [1.29, 1.82) is 0 Å². The summed E-state index contributed by atoms with van der Waals surface area (Å²) in [4.78, 5) is 35.0. The van der Waals surface area contributed by atoms with E-state index in [4.69, 9.17) is 4.74 Å². The smallest absolute Gasteiger partial charge is 0.340 e. The number of carbonyl (C=O) groups is 2. The maximum atomic E-state index is 12.3. The number of aryl methyl sites for hydroxylation is 2. The van der Waals surface area contributed by atoms with Gasteiger partial charge in [-0.3, -0.25) is 14.9 Å². The van der Waals surface area contributed by atoms with E-state index < -0.39 is 23.3 Å². The van der Waals surface area contributed by atoms with Gasteiger partial charge in [0.05, 0.1) is 10.5 Å². The van der Waals surface area contributed by atoms with Crippen molar-refractivity contribution >= 4 is 17.4 Å². The number of hydrogen-bond acceptors (Lipinski definition) is 5. The summed E-state index contributed by atoms with van der Waals surface area (Å²) in [6.45, 7) is 4.96. The molecule has 26 heavy (non-hydrogen) atoms. The first-order chi connectivity index (χ1) is 12.3. The van der Waals surface area contributed by atoms with E-state index in [2.05, 4.69) is 4.57 Å². The molecule has 7 heteroatoms. The summed E-state index contributed by atoms with van der Waals surface area (Å²) < 4.78 is 7.28. The number of esters is 1. The van der Waals surface area contributed by atoms with Crippen LogP contribution in [0.1, 0.15) is 56.6 Å². The Morgan fingerprint density at radius 2 is 1.92 bits per heavy atom. The van der Waals surface area contributed by atoms with Crippen LogP contribution in [0.2, 0.25) is 0 Å². The molecule has 7 nitrogen and oxygen atoms in total. The molecule has 1 saturated carbocycles. The number of aromatic nitrogens is 1. The summed E-state index contributed by atoms with van der Waals surface area (Å²) in [5, 5.41) is 11.0. The molecular formula is C19H20N2O5. The molecule has 0 saturated heterocycles. The lowest BCUT2D eigenvalue weighted by molar-refractivity contribution is -0.385. The van der Waals surface area contributed by atoms with Crippen LogP contribution >= 0.6 is 0 Å². The summed E-state index contributed by atoms with van der Waals surface area (Å²) >= 11 is 0. The third kappa shape index (κ3) is 3.37. The molecule has 2 aromatic rings. The minimum atomic E-state index is -0.556. The lowest BCUT2D eigenvalue weighted by Crippen LogP contribution is -2.15. The van der Waals surface area contributed by atoms with Crippen molar-refractivity contribution in [3.05, 3.63) is 62.5 Å². The molecule has 1 fully saturated rings. The molecule has 1 heterocycles. The highest BCUT2D eigenvalue weighted by molar-refractivity contribution is 6.00. The number of benzene rings is 1. The van der Waals surface area contributed by atoms with Crippen LogP contribution in [-0.2, 0) is 4.74 Å². The number of ketones is 1. The largest absolute Gasteiger partial charge is 0.454 e. The Kier molecular flexibility index (Phi) is 4.63. The molecule has 0 spiro atoms. The maximum Gasteiger partial charge on any atom is 0.340 e. The number of nitro groups is 1. The van der Waals surface area contributed by atoms with Crippen LogP contribution in [0.25, 0.3) is 0 Å². The molecule has 136 valence electrons. The van der Waals surface area contributed by atoms with Gasteiger partial charge in [-0.25, -0.2) is 4.79 Å². The number of nitro benzene ring substituents is 1. The van der Waals surface area contributed by atoms with E-state index in [0.717, 1.165) is 24.2 Å². The monoisotopic (exact) mass is 356 g/mol. The van der Waals surface area contributed by atoms with Gasteiger partial charge in [0.2, 0.25) is 5.78 Å². The standard InChI is InChI=1S/C19H20N2O5/c1-11-4-5-14(9-17(11)21(24)25)18(22)10-26-19(23)16-8-12(2)20(13(16)3)15-6-7-15/h4-5,8-9,15H,6-7,10H2,1-3H3. The summed E-state index contributed by atoms with van der Waals surface area (Å²) in [5.41, 5.74) is 2.78. The summed E-state index contributed by atoms with van der Waals surface area (Å²) in [7, 11) is 0. The van der Waals surface area contributed by atoms with Crippen LogP contribution in [0, 0.1) is 30.9 Å². The van der Waals surface area contributed by atoms with Crippen LogP contribution in [-0.4, -0.2) is 27.8 Å². The first kappa shape index (κ1) is 17.8. The predicted octanol–water partition coefficient (Wildman–Crippen LogP) is 3.70. The van der Waals surface area contributed by atoms with Crippen molar-refractivity contribution < 1.29 is 19.2 Å². The van der Waals surface area contributed by atoms with Crippen molar-refractivity contribution in [3.63, 3.8) is 0 Å². The quantitative estimate of drug-likeness (QED) is 0.341. The molecule has 1 aromatic heterocycles. The van der Waals surface area contributed by atoms with Gasteiger partial charge in [-0.2, -0.15) is 0 Å². The van der Waals surface area contributed by atoms with Gasteiger partial charge in [0.1, 0.15) is 0 Å². The van der Waals surface area contributed by atoms with Crippen LogP contribution in [0.15, 0.2) is 24.3 Å². The highest BCUT2D eigenvalue weighted by atomic mass is 16.6. The number of carbonyl (C=O) groups excluding carboxylic acids is 2. The van der Waals surface area contributed by atoms with Gasteiger partial charge in [0.25, 0.3) is 5.69 Å². The van der Waals surface area contributed by atoms with Gasteiger partial charge in [-0.1, -0.05) is 12.1 Å². The van der Waals surface area contributed by atoms with Crippen LogP contribution in [0.5, 0.6) is 0 Å². The van der Waals surface area contributed by atoms with E-state index in [-0.39, 0.29) is 11.3 Å². The van der Waals surface area contributed by atoms with Crippen LogP contribution in [0.4, 0.5) is 5.69 Å². The number of ether oxygens (including phenoxy) is 1. The van der Waals surface area contributed by atoms with Crippen molar-refractivity contribution in [2.45, 2.75) is 39.7 Å². The second-order valence-corrected chi connectivity index (χ2v) is 6.64. The Balaban J connectivity index is 1.70. The van der Waals surface area contributed by atoms with Crippen LogP contribution < -0.4 is 0 Å². The summed E-state index contributed by atoms with van der Waals surface area (Å²) in [6, 6.07) is 6.45. The summed E-state index contributed by atoms with van der Waals surface area (Å²) in [6.07, 6.45) is 2.21. The number of hydrogen-bond donors (Lipinski definition) is 0. The van der Waals surface area contributed by atoms with E-state index in [1.54, 1.807) is 13.0 Å². The Morgan fingerprint density at radius 3 is 2.54 bits per heavy atom. The van der Waals surface area contributed by atoms with Crippen molar-refractivity contribution in [2.75, 3.05) is 6.61 Å². The van der Waals surface area contributed by atoms with E-state index in [1.807, 2.05) is 13.8 Å². The third-order valence-corrected chi connectivity index (χ3v) is 4.68. The zero-order chi connectivity index (χ0) is 19.0. The number of rotatable bonds is 6. The van der Waals surface area contributed by atoms with Gasteiger partial charge < -0.3 is 9.30 Å². The van der Waals surface area contributed by atoms with Gasteiger partial charge >= 0.3 is 5.97 Å². The van der Waals surface area contributed by atoms with Crippen molar-refractivity contribution in [1.82, 2.24) is 4.57 Å². The van der Waals surface area contributed by atoms with Gasteiger partial charge in [0.15, 0.2) is 6.61 Å². The van der Waals surface area contributed by atoms with Gasteiger partial charge in [-0.15, -0.1) is 0 Å². The minimum absolute atomic E-state index is 0.129. The second kappa shape index (κ2) is 6.74. The molecule has 3 rings (SSSR count). The fourth-order valence-corrected chi connectivity index (χ4v) is 3.15. The van der Waals surface area contributed by atoms with E-state index in [1.165, 1.54) is 18.2 Å². The molecule has 0 radical (unpaired) electrons. The molecule has 1 aliphatic carbocycles. The Hall–Kier alpha value is -2.96. The summed E-state index contributed by atoms with van der Waals surface area (Å²) in [5.74, 6) is -1.03. The molecule has 0 aliphatic heterocycles. The van der Waals surface area contributed by atoms with E-state index in [9.17, 15) is 19.7 Å². The lowest BCUT2D eigenvalue weighted by Gasteiger charge is -2.08. The SMILES string of the molecule is Cc1ccc(C(=O)COC(=O)c2cc(C)n(C3CC3)c2C)cc1[N+](=O)[O-]. The molecular weight excluding hydrogens is 336 g/mol. The maximum absolute atomic E-state index is 12.3. The van der Waals surface area contributed by atoms with E-state index >= 15 is 0 Å². The molecule has 0 atom stereocenters. The Labute approximate surface area is 150 Å². The predicted molar refractivity (Wildman–Crippen MR) is 94.6 cm³/mol. The molecule has 0 bridgehead atoms. The highest BCUT2D eigenvalue weighted by Crippen LogP contribution is 2.38. The van der Waals surface area contributed by atoms with Crippen molar-refractivity contribution in [2.24, 2.45) is 0 Å². The topological polar surface area (TPSA) is 91.4 Å². The zero-order valence-electron chi connectivity index (χ0n) is 14.9. The first-order valence-corrected chi connectivity index (χ1v) is 8.43.